The quantitative estimate of drug-likeness (QED) is 0.351. The van der Waals surface area contributed by atoms with Crippen LogP contribution in [0.2, 0.25) is 0 Å². The molecular formula is C17H23Cl2Hf-3. The van der Waals surface area contributed by atoms with Gasteiger partial charge in [-0.05, 0) is 12.8 Å². The first kappa shape index (κ1) is 22.7. The summed E-state index contributed by atoms with van der Waals surface area (Å²) in [5, 5.41) is 0. The number of unbranched alkanes of at least 4 members (excludes halogenated alkanes) is 1. The molecule has 0 saturated heterocycles. The average molecular weight is 477 g/mol. The first-order valence-corrected chi connectivity index (χ1v) is 7.06. The Morgan fingerprint density at radius 1 is 1.10 bits per heavy atom. The second-order valence-corrected chi connectivity index (χ2v) is 4.94. The third-order valence-corrected chi connectivity index (χ3v) is 3.60. The smallest absolute Gasteiger partial charge is 0 e. The number of halogens is 2. The van der Waals surface area contributed by atoms with Crippen molar-refractivity contribution in [2.75, 3.05) is 0 Å². The molecule has 0 radical (unpaired) electrons. The van der Waals surface area contributed by atoms with Gasteiger partial charge in [0.15, 0.2) is 0 Å². The molecule has 3 heteroatoms. The van der Waals surface area contributed by atoms with Crippen molar-refractivity contribution in [2.45, 2.75) is 58.8 Å². The van der Waals surface area contributed by atoms with Crippen LogP contribution in [0.3, 0.4) is 0 Å². The first-order chi connectivity index (χ1) is 8.36. The van der Waals surface area contributed by atoms with E-state index in [0.29, 0.717) is 0 Å². The van der Waals surface area contributed by atoms with Gasteiger partial charge in [-0.1, -0.05) is 57.3 Å². The molecule has 0 unspecified atom stereocenters. The number of hydrogen-bond donors (Lipinski definition) is 0. The van der Waals surface area contributed by atoms with Crippen molar-refractivity contribution in [1.82, 2.24) is 0 Å². The van der Waals surface area contributed by atoms with E-state index >= 15 is 0 Å². The second kappa shape index (κ2) is 12.0. The Hall–Kier alpha value is 0.410. The monoisotopic (exact) mass is 477 g/mol. The number of hydrogen-bond acceptors (Lipinski definition) is 0. The van der Waals surface area contributed by atoms with E-state index in [-0.39, 0.29) is 50.7 Å². The summed E-state index contributed by atoms with van der Waals surface area (Å²) in [6.45, 7) is 4.53. The minimum Gasteiger partial charge on any atom is -1.00 e. The SMILES string of the molecule is CCCCC1=[C-]CC=C1C1=C(CCC)C=CC1.[Cl-].[Cl-].[Hf]. The fourth-order valence-corrected chi connectivity index (χ4v) is 2.71. The van der Waals surface area contributed by atoms with Gasteiger partial charge in [0, 0.05) is 25.8 Å². The standard InChI is InChI=1S/C17H23.2ClH.Hf/c1-3-5-9-15-11-7-13-17(15)16-12-6-10-14(16)8-4-2;;;/h6,10,13H,3-5,7-9,12H2,1-2H3;2*1H;/q-1;;;/p-2. The van der Waals surface area contributed by atoms with Gasteiger partial charge >= 0.3 is 0 Å². The molecular weight excluding hydrogens is 454 g/mol. The molecule has 0 aromatic heterocycles. The van der Waals surface area contributed by atoms with Crippen LogP contribution in [0.25, 0.3) is 0 Å². The Kier molecular flexibility index (Phi) is 13.6. The Labute approximate surface area is 155 Å². The number of rotatable bonds is 6. The van der Waals surface area contributed by atoms with E-state index in [1.807, 2.05) is 0 Å². The van der Waals surface area contributed by atoms with E-state index in [0.717, 1.165) is 12.8 Å². The van der Waals surface area contributed by atoms with E-state index in [9.17, 15) is 0 Å². The van der Waals surface area contributed by atoms with Crippen LogP contribution in [0.15, 0.2) is 40.5 Å². The molecule has 2 aliphatic carbocycles. The zero-order valence-electron chi connectivity index (χ0n) is 12.4. The predicted molar refractivity (Wildman–Crippen MR) is 74.7 cm³/mol. The van der Waals surface area contributed by atoms with Crippen molar-refractivity contribution in [1.29, 1.82) is 0 Å². The molecule has 0 spiro atoms. The van der Waals surface area contributed by atoms with Gasteiger partial charge in [-0.3, -0.25) is 6.08 Å². The molecule has 112 valence electrons. The molecule has 0 heterocycles. The molecule has 0 N–H and O–H groups in total. The van der Waals surface area contributed by atoms with Crippen LogP contribution >= 0.6 is 0 Å². The maximum absolute atomic E-state index is 3.54. The van der Waals surface area contributed by atoms with Crippen LogP contribution in [-0.4, -0.2) is 0 Å². The van der Waals surface area contributed by atoms with Gasteiger partial charge in [0.25, 0.3) is 0 Å². The topological polar surface area (TPSA) is 0 Å². The summed E-state index contributed by atoms with van der Waals surface area (Å²) in [5.41, 5.74) is 6.16. The molecule has 0 aromatic rings. The summed E-state index contributed by atoms with van der Waals surface area (Å²) in [4.78, 5) is 0. The molecule has 0 atom stereocenters. The van der Waals surface area contributed by atoms with Crippen molar-refractivity contribution >= 4 is 0 Å². The summed E-state index contributed by atoms with van der Waals surface area (Å²) in [6, 6.07) is 0. The van der Waals surface area contributed by atoms with Gasteiger partial charge in [-0.15, -0.1) is 12.0 Å². The van der Waals surface area contributed by atoms with Crippen LogP contribution in [-0.2, 0) is 25.8 Å². The Morgan fingerprint density at radius 3 is 2.50 bits per heavy atom. The van der Waals surface area contributed by atoms with Crippen LogP contribution in [0.1, 0.15) is 58.8 Å². The molecule has 20 heavy (non-hydrogen) atoms. The molecule has 0 bridgehead atoms. The van der Waals surface area contributed by atoms with Crippen LogP contribution in [0, 0.1) is 6.08 Å². The number of allylic oxidation sites excluding steroid dienone is 8. The summed E-state index contributed by atoms with van der Waals surface area (Å²) >= 11 is 0. The molecule has 2 rings (SSSR count). The van der Waals surface area contributed by atoms with Crippen molar-refractivity contribution in [3.05, 3.63) is 46.6 Å². The van der Waals surface area contributed by atoms with Gasteiger partial charge in [-0.25, -0.2) is 5.57 Å². The Balaban J connectivity index is 0. The van der Waals surface area contributed by atoms with E-state index in [1.54, 1.807) is 11.1 Å². The van der Waals surface area contributed by atoms with E-state index in [4.69, 9.17) is 0 Å². The van der Waals surface area contributed by atoms with E-state index in [1.165, 1.54) is 43.3 Å². The average Bonchev–Trinajstić information content (AvgIpc) is 2.94. The minimum atomic E-state index is 0. The third-order valence-electron chi connectivity index (χ3n) is 3.60. The summed E-state index contributed by atoms with van der Waals surface area (Å²) < 4.78 is 0. The molecule has 0 aliphatic heterocycles. The normalized spacial score (nSPS) is 16.1. The zero-order chi connectivity index (χ0) is 12.1. The van der Waals surface area contributed by atoms with Crippen LogP contribution < -0.4 is 24.8 Å². The van der Waals surface area contributed by atoms with Crippen molar-refractivity contribution in [2.24, 2.45) is 0 Å². The van der Waals surface area contributed by atoms with Gasteiger partial charge in [-0.2, -0.15) is 11.6 Å². The third kappa shape index (κ3) is 5.66. The summed E-state index contributed by atoms with van der Waals surface area (Å²) in [7, 11) is 0. The molecule has 0 aromatic carbocycles. The molecule has 0 fully saturated rings. The Morgan fingerprint density at radius 2 is 1.85 bits per heavy atom. The molecule has 0 amide bonds. The van der Waals surface area contributed by atoms with E-state index in [2.05, 4.69) is 38.2 Å². The zero-order valence-corrected chi connectivity index (χ0v) is 17.5. The van der Waals surface area contributed by atoms with Gasteiger partial charge < -0.3 is 24.8 Å². The Bertz CT molecular complexity index is 403. The largest absolute Gasteiger partial charge is 1.00 e. The van der Waals surface area contributed by atoms with Gasteiger partial charge in [0.1, 0.15) is 0 Å². The van der Waals surface area contributed by atoms with Crippen LogP contribution in [0.4, 0.5) is 0 Å². The molecule has 0 nitrogen and oxygen atoms in total. The first-order valence-electron chi connectivity index (χ1n) is 7.06. The van der Waals surface area contributed by atoms with E-state index < -0.39 is 0 Å². The van der Waals surface area contributed by atoms with Crippen molar-refractivity contribution < 1.29 is 50.7 Å². The maximum Gasteiger partial charge on any atom is 0 e. The summed E-state index contributed by atoms with van der Waals surface area (Å²) in [6.07, 6.45) is 19.0. The van der Waals surface area contributed by atoms with Crippen molar-refractivity contribution in [3.63, 3.8) is 0 Å². The predicted octanol–water partition coefficient (Wildman–Crippen LogP) is -0.702. The molecule has 0 saturated carbocycles. The fraction of sp³-hybridized carbons (Fsp3) is 0.529. The van der Waals surface area contributed by atoms with Crippen molar-refractivity contribution in [3.8, 4) is 0 Å². The van der Waals surface area contributed by atoms with Gasteiger partial charge in [0.05, 0.1) is 0 Å². The second-order valence-electron chi connectivity index (χ2n) is 4.94. The van der Waals surface area contributed by atoms with Gasteiger partial charge in [0.2, 0.25) is 0 Å². The summed E-state index contributed by atoms with van der Waals surface area (Å²) in [5.74, 6) is 0. The fourth-order valence-electron chi connectivity index (χ4n) is 2.71. The van der Waals surface area contributed by atoms with Crippen LogP contribution in [0.5, 0.6) is 0 Å². The minimum absolute atomic E-state index is 0. The molecule has 2 aliphatic rings. The maximum atomic E-state index is 3.54.